The second-order valence-corrected chi connectivity index (χ2v) is 9.12. The van der Waals surface area contributed by atoms with Gasteiger partial charge in [-0.15, -0.1) is 0 Å². The Morgan fingerprint density at radius 2 is 1.91 bits per heavy atom. The molecule has 2 heterocycles. The first-order valence-electron chi connectivity index (χ1n) is 11.9. The molecule has 3 atom stereocenters. The molecule has 0 aliphatic carbocycles. The van der Waals surface area contributed by atoms with E-state index in [1.807, 2.05) is 0 Å². The molecule has 34 heavy (non-hydrogen) atoms. The number of hydrogen-bond acceptors (Lipinski definition) is 8. The summed E-state index contributed by atoms with van der Waals surface area (Å²) in [6.07, 6.45) is 1.56. The first-order valence-corrected chi connectivity index (χ1v) is 11.9. The number of nitrogens with zero attached hydrogens (tertiary/aromatic N) is 3. The van der Waals surface area contributed by atoms with Gasteiger partial charge in [-0.2, -0.15) is 0 Å². The maximum atomic E-state index is 13.1. The quantitative estimate of drug-likeness (QED) is 0.568. The fourth-order valence-corrected chi connectivity index (χ4v) is 3.65. The van der Waals surface area contributed by atoms with Gasteiger partial charge >= 0.3 is 0 Å². The topological polar surface area (TPSA) is 133 Å². The van der Waals surface area contributed by atoms with E-state index in [1.165, 1.54) is 30.3 Å². The van der Waals surface area contributed by atoms with Gasteiger partial charge < -0.3 is 34.6 Å². The summed E-state index contributed by atoms with van der Waals surface area (Å²) in [5.74, 6) is -0.214. The monoisotopic (exact) mass is 481 g/mol. The Morgan fingerprint density at radius 3 is 2.59 bits per heavy atom. The molecule has 1 saturated heterocycles. The van der Waals surface area contributed by atoms with Crippen LogP contribution in [0.5, 0.6) is 5.75 Å². The summed E-state index contributed by atoms with van der Waals surface area (Å²) in [7, 11) is 0. The van der Waals surface area contributed by atoms with Crippen LogP contribution in [0.3, 0.4) is 0 Å². The lowest BCUT2D eigenvalue weighted by Crippen LogP contribution is -2.50. The van der Waals surface area contributed by atoms with Gasteiger partial charge in [-0.25, -0.2) is 0 Å². The Morgan fingerprint density at radius 1 is 1.18 bits per heavy atom. The largest absolute Gasteiger partial charge is 0.506 e. The number of aromatic hydroxyl groups is 1. The van der Waals surface area contributed by atoms with Crippen LogP contribution in [-0.4, -0.2) is 106 Å². The number of carbonyl (C=O) groups is 2. The summed E-state index contributed by atoms with van der Waals surface area (Å²) < 4.78 is 11.4. The van der Waals surface area contributed by atoms with Crippen molar-refractivity contribution in [2.45, 2.75) is 58.3 Å². The average molecular weight is 482 g/mol. The minimum Gasteiger partial charge on any atom is -0.506 e. The minimum absolute atomic E-state index is 0.0527. The first-order chi connectivity index (χ1) is 16.2. The summed E-state index contributed by atoms with van der Waals surface area (Å²) in [5.41, 5.74) is 0.264. The van der Waals surface area contributed by atoms with E-state index in [-0.39, 0.29) is 49.4 Å². The molecule has 1 aromatic heterocycles. The van der Waals surface area contributed by atoms with Crippen LogP contribution in [0.4, 0.5) is 0 Å². The third-order valence-corrected chi connectivity index (χ3v) is 5.80. The second kappa shape index (κ2) is 14.2. The fourth-order valence-electron chi connectivity index (χ4n) is 3.65. The zero-order chi connectivity index (χ0) is 25.1. The second-order valence-electron chi connectivity index (χ2n) is 9.12. The van der Waals surface area contributed by atoms with Crippen molar-refractivity contribution in [3.8, 4) is 5.75 Å². The number of carbonyl (C=O) groups excluding carboxylic acids is 2. The molecule has 2 rings (SSSR count). The van der Waals surface area contributed by atoms with Crippen LogP contribution >= 0.6 is 0 Å². The Bertz CT molecular complexity index is 777. The molecule has 1 fully saturated rings. The molecule has 10 heteroatoms. The van der Waals surface area contributed by atoms with Gasteiger partial charge in [0.2, 0.25) is 5.91 Å². The Labute approximate surface area is 201 Å². The highest BCUT2D eigenvalue weighted by atomic mass is 16.5. The summed E-state index contributed by atoms with van der Waals surface area (Å²) >= 11 is 0. The fraction of sp³-hybridized carbons (Fsp3) is 0.708. The molecule has 0 aromatic carbocycles. The van der Waals surface area contributed by atoms with Crippen molar-refractivity contribution < 1.29 is 34.4 Å². The number of aromatic nitrogens is 1. The zero-order valence-corrected chi connectivity index (χ0v) is 20.4. The highest BCUT2D eigenvalue weighted by Gasteiger charge is 2.30. The maximum absolute atomic E-state index is 13.1. The standard InChI is InChI=1S/C24H39N3O7/c1-17(2)6-11-34-22-15-27(18(3)28)9-8-26(24(32)19-12-20(29)14-25-13-19)7-4-5-10-33-16-21(30)23(22)31/h12-14,17,21-23,29-31H,4-11,15-16H2,1-3H3/t21-,22-,23-/m1/s1. The molecule has 0 bridgehead atoms. The van der Waals surface area contributed by atoms with Crippen LogP contribution < -0.4 is 0 Å². The van der Waals surface area contributed by atoms with E-state index in [9.17, 15) is 24.9 Å². The lowest BCUT2D eigenvalue weighted by Gasteiger charge is -2.33. The van der Waals surface area contributed by atoms with Crippen molar-refractivity contribution in [3.63, 3.8) is 0 Å². The van der Waals surface area contributed by atoms with Crippen LogP contribution in [0.25, 0.3) is 0 Å². The van der Waals surface area contributed by atoms with Gasteiger partial charge in [0.25, 0.3) is 5.91 Å². The molecule has 1 aromatic rings. The van der Waals surface area contributed by atoms with Crippen LogP contribution in [0.1, 0.15) is 50.4 Å². The number of rotatable bonds is 5. The van der Waals surface area contributed by atoms with E-state index < -0.39 is 18.3 Å². The van der Waals surface area contributed by atoms with Crippen LogP contribution in [-0.2, 0) is 14.3 Å². The smallest absolute Gasteiger partial charge is 0.255 e. The normalized spacial score (nSPS) is 23.5. The molecule has 0 radical (unpaired) electrons. The number of hydrogen-bond donors (Lipinski definition) is 3. The third-order valence-electron chi connectivity index (χ3n) is 5.80. The minimum atomic E-state index is -1.23. The molecule has 1 aliphatic rings. The van der Waals surface area contributed by atoms with E-state index in [0.29, 0.717) is 38.5 Å². The predicted octanol–water partition coefficient (Wildman–Crippen LogP) is 1.04. The molecule has 2 amide bonds. The van der Waals surface area contributed by atoms with Crippen molar-refractivity contribution in [1.29, 1.82) is 0 Å². The molecule has 3 N–H and O–H groups in total. The summed E-state index contributed by atoms with van der Waals surface area (Å²) in [6.45, 7) is 7.24. The Hall–Kier alpha value is -2.27. The summed E-state index contributed by atoms with van der Waals surface area (Å²) in [6, 6.07) is 1.36. The highest BCUT2D eigenvalue weighted by Crippen LogP contribution is 2.15. The summed E-state index contributed by atoms with van der Waals surface area (Å²) in [5, 5.41) is 30.9. The number of pyridine rings is 1. The molecule has 10 nitrogen and oxygen atoms in total. The average Bonchev–Trinajstić information content (AvgIpc) is 2.79. The van der Waals surface area contributed by atoms with Crippen molar-refractivity contribution in [2.24, 2.45) is 5.92 Å². The summed E-state index contributed by atoms with van der Waals surface area (Å²) in [4.78, 5) is 32.5. The van der Waals surface area contributed by atoms with Crippen molar-refractivity contribution in [1.82, 2.24) is 14.8 Å². The van der Waals surface area contributed by atoms with Crippen molar-refractivity contribution >= 4 is 11.8 Å². The highest BCUT2D eigenvalue weighted by molar-refractivity contribution is 5.94. The SMILES string of the molecule is CC(=O)N1CCN(C(=O)c2cncc(O)c2)CCCCOC[C@@H](O)[C@@H](O)[C@H](OCCC(C)C)C1. The van der Waals surface area contributed by atoms with Gasteiger partial charge in [-0.1, -0.05) is 13.8 Å². The van der Waals surface area contributed by atoms with E-state index in [1.54, 1.807) is 4.90 Å². The van der Waals surface area contributed by atoms with E-state index in [0.717, 1.165) is 6.42 Å². The first kappa shape index (κ1) is 28.0. The van der Waals surface area contributed by atoms with Crippen molar-refractivity contribution in [2.75, 3.05) is 46.0 Å². The molecule has 192 valence electrons. The number of aliphatic hydroxyl groups excluding tert-OH is 2. The molecule has 0 unspecified atom stereocenters. The number of ether oxygens (including phenoxy) is 2. The zero-order valence-electron chi connectivity index (χ0n) is 20.4. The van der Waals surface area contributed by atoms with Gasteiger partial charge in [-0.05, 0) is 31.2 Å². The van der Waals surface area contributed by atoms with Gasteiger partial charge in [0.05, 0.1) is 18.4 Å². The Kier molecular flexibility index (Phi) is 11.7. The van der Waals surface area contributed by atoms with Gasteiger partial charge in [0.15, 0.2) is 0 Å². The number of aliphatic hydroxyl groups is 2. The van der Waals surface area contributed by atoms with E-state index in [4.69, 9.17) is 9.47 Å². The Balaban J connectivity index is 2.19. The lowest BCUT2D eigenvalue weighted by molar-refractivity contribution is -0.140. The van der Waals surface area contributed by atoms with Crippen LogP contribution in [0.15, 0.2) is 18.5 Å². The lowest BCUT2D eigenvalue weighted by atomic mass is 10.1. The van der Waals surface area contributed by atoms with Gasteiger partial charge in [0, 0.05) is 52.5 Å². The molecular formula is C24H39N3O7. The van der Waals surface area contributed by atoms with Gasteiger partial charge in [-0.3, -0.25) is 14.6 Å². The maximum Gasteiger partial charge on any atom is 0.255 e. The number of amides is 2. The van der Waals surface area contributed by atoms with Crippen molar-refractivity contribution in [3.05, 3.63) is 24.0 Å². The van der Waals surface area contributed by atoms with Crippen LogP contribution in [0.2, 0.25) is 0 Å². The molecule has 1 aliphatic heterocycles. The third kappa shape index (κ3) is 9.17. The molecular weight excluding hydrogens is 442 g/mol. The van der Waals surface area contributed by atoms with E-state index >= 15 is 0 Å². The van der Waals surface area contributed by atoms with E-state index in [2.05, 4.69) is 18.8 Å². The predicted molar refractivity (Wildman–Crippen MR) is 125 cm³/mol. The molecule has 0 spiro atoms. The van der Waals surface area contributed by atoms with Gasteiger partial charge in [0.1, 0.15) is 24.1 Å². The van der Waals surface area contributed by atoms with Crippen LogP contribution in [0, 0.1) is 5.92 Å². The molecule has 0 saturated carbocycles.